The number of carboxylic acids is 1. The van der Waals surface area contributed by atoms with Crippen molar-refractivity contribution < 1.29 is 27.9 Å². The first-order valence-electron chi connectivity index (χ1n) is 11.8. The zero-order valence-corrected chi connectivity index (χ0v) is 20.3. The quantitative estimate of drug-likeness (QED) is 0.399. The van der Waals surface area contributed by atoms with Crippen molar-refractivity contribution in [2.45, 2.75) is 38.8 Å². The molecule has 1 amide bonds. The van der Waals surface area contributed by atoms with Crippen LogP contribution in [0.15, 0.2) is 55.1 Å². The first kappa shape index (κ1) is 26.0. The number of nitrogens with one attached hydrogen (secondary N) is 1. The smallest absolute Gasteiger partial charge is 0.335 e. The van der Waals surface area contributed by atoms with Crippen molar-refractivity contribution in [3.63, 3.8) is 0 Å². The van der Waals surface area contributed by atoms with Crippen LogP contribution in [0.2, 0.25) is 0 Å². The van der Waals surface area contributed by atoms with E-state index in [9.17, 15) is 22.8 Å². The molecular formula is C27H27F3N4O3. The highest BCUT2D eigenvalue weighted by Crippen LogP contribution is 2.37. The highest BCUT2D eigenvalue weighted by molar-refractivity contribution is 6.04. The molecule has 10 heteroatoms. The summed E-state index contributed by atoms with van der Waals surface area (Å²) in [6.07, 6.45) is 1.01. The van der Waals surface area contributed by atoms with Crippen LogP contribution in [-0.2, 0) is 25.4 Å². The molecule has 0 atom stereocenters. The SMILES string of the molecule is C=C(NC(=O)c1c(C(C)(F)F)nn2c1N(Cc1cccc(CCCF)c1)CC2)c1ccc(C(=O)O)cc1. The van der Waals surface area contributed by atoms with E-state index in [1.165, 1.54) is 28.9 Å². The lowest BCUT2D eigenvalue weighted by Gasteiger charge is -2.20. The number of carboxylic acid groups (broad SMARTS) is 1. The van der Waals surface area contributed by atoms with Gasteiger partial charge in [0, 0.05) is 25.7 Å². The second-order valence-corrected chi connectivity index (χ2v) is 9.01. The van der Waals surface area contributed by atoms with E-state index in [0.717, 1.165) is 11.1 Å². The fraction of sp³-hybridized carbons (Fsp3) is 0.296. The lowest BCUT2D eigenvalue weighted by molar-refractivity contribution is 0.0111. The largest absolute Gasteiger partial charge is 0.478 e. The summed E-state index contributed by atoms with van der Waals surface area (Å²) in [4.78, 5) is 26.3. The molecule has 0 unspecified atom stereocenters. The van der Waals surface area contributed by atoms with Crippen LogP contribution in [0.3, 0.4) is 0 Å². The Balaban J connectivity index is 1.62. The number of hydrogen-bond donors (Lipinski definition) is 2. The lowest BCUT2D eigenvalue weighted by atomic mass is 10.1. The van der Waals surface area contributed by atoms with Crippen LogP contribution < -0.4 is 10.2 Å². The summed E-state index contributed by atoms with van der Waals surface area (Å²) in [7, 11) is 0. The third-order valence-corrected chi connectivity index (χ3v) is 6.16. The highest BCUT2D eigenvalue weighted by Gasteiger charge is 2.40. The Morgan fingerprint density at radius 1 is 1.11 bits per heavy atom. The van der Waals surface area contributed by atoms with Crippen LogP contribution >= 0.6 is 0 Å². The molecule has 2 aromatic carbocycles. The summed E-state index contributed by atoms with van der Waals surface area (Å²) in [5, 5.41) is 15.7. The molecule has 3 aromatic rings. The zero-order chi connectivity index (χ0) is 26.7. The number of aromatic carboxylic acids is 1. The normalized spacial score (nSPS) is 12.9. The van der Waals surface area contributed by atoms with Gasteiger partial charge in [0.05, 0.1) is 18.8 Å². The van der Waals surface area contributed by atoms with E-state index in [-0.39, 0.29) is 22.6 Å². The van der Waals surface area contributed by atoms with Gasteiger partial charge in [0.2, 0.25) is 0 Å². The van der Waals surface area contributed by atoms with Crippen molar-refractivity contribution in [2.24, 2.45) is 0 Å². The number of rotatable bonds is 10. The van der Waals surface area contributed by atoms with Gasteiger partial charge in [-0.15, -0.1) is 0 Å². The number of carbonyl (C=O) groups is 2. The first-order chi connectivity index (χ1) is 17.6. The van der Waals surface area contributed by atoms with E-state index < -0.39 is 30.2 Å². The summed E-state index contributed by atoms with van der Waals surface area (Å²) < 4.78 is 43.1. The monoisotopic (exact) mass is 512 g/mol. The Morgan fingerprint density at radius 2 is 1.78 bits per heavy atom. The summed E-state index contributed by atoms with van der Waals surface area (Å²) in [6, 6.07) is 13.3. The van der Waals surface area contributed by atoms with Gasteiger partial charge in [-0.05, 0) is 41.7 Å². The number of aromatic nitrogens is 2. The molecule has 0 saturated heterocycles. The van der Waals surface area contributed by atoms with Crippen molar-refractivity contribution in [3.05, 3.63) is 88.6 Å². The van der Waals surface area contributed by atoms with Gasteiger partial charge < -0.3 is 15.3 Å². The fourth-order valence-corrected chi connectivity index (χ4v) is 4.38. The average molecular weight is 513 g/mol. The number of carbonyl (C=O) groups excluding carboxylic acids is 1. The van der Waals surface area contributed by atoms with Gasteiger partial charge in [-0.1, -0.05) is 43.0 Å². The minimum absolute atomic E-state index is 0.0645. The van der Waals surface area contributed by atoms with Gasteiger partial charge in [0.15, 0.2) is 0 Å². The molecule has 0 fully saturated rings. The minimum atomic E-state index is -3.37. The number of nitrogens with zero attached hydrogens (tertiary/aromatic N) is 3. The third-order valence-electron chi connectivity index (χ3n) is 6.16. The molecule has 1 aliphatic heterocycles. The summed E-state index contributed by atoms with van der Waals surface area (Å²) >= 11 is 0. The van der Waals surface area contributed by atoms with Crippen LogP contribution in [0.25, 0.3) is 5.70 Å². The second kappa shape index (κ2) is 10.5. The van der Waals surface area contributed by atoms with E-state index in [0.29, 0.717) is 45.0 Å². The number of halogens is 3. The maximum atomic E-state index is 14.6. The topological polar surface area (TPSA) is 87.5 Å². The number of hydrogen-bond acceptors (Lipinski definition) is 4. The van der Waals surface area contributed by atoms with E-state index in [1.54, 1.807) is 0 Å². The number of benzene rings is 2. The molecule has 0 radical (unpaired) electrons. The Labute approximate surface area is 212 Å². The molecule has 37 heavy (non-hydrogen) atoms. The standard InChI is InChI=1S/C27H27F3N4O3/c1-17(20-8-10-21(11-9-20)26(36)37)31-24(35)22-23(27(2,29)30)32-34-14-13-33(25(22)34)16-19-6-3-5-18(15-19)7-4-12-28/h3,5-6,8-11,15H,1,4,7,12-14,16H2,2H3,(H,31,35)(H,36,37). The van der Waals surface area contributed by atoms with Gasteiger partial charge in [-0.2, -0.15) is 13.9 Å². The van der Waals surface area contributed by atoms with Crippen molar-refractivity contribution in [1.82, 2.24) is 15.1 Å². The molecule has 1 aromatic heterocycles. The molecule has 2 N–H and O–H groups in total. The Morgan fingerprint density at radius 3 is 2.43 bits per heavy atom. The van der Waals surface area contributed by atoms with Crippen LogP contribution in [0.5, 0.6) is 0 Å². The van der Waals surface area contributed by atoms with Gasteiger partial charge in [0.25, 0.3) is 11.8 Å². The van der Waals surface area contributed by atoms with E-state index >= 15 is 0 Å². The molecule has 0 spiro atoms. The van der Waals surface area contributed by atoms with E-state index in [2.05, 4.69) is 17.0 Å². The van der Waals surface area contributed by atoms with Gasteiger partial charge in [-0.3, -0.25) is 9.18 Å². The summed E-state index contributed by atoms with van der Waals surface area (Å²) in [6.45, 7) is 5.29. The Hall–Kier alpha value is -4.08. The number of fused-ring (bicyclic) bond motifs is 1. The lowest BCUT2D eigenvalue weighted by Crippen LogP contribution is -2.28. The third kappa shape index (κ3) is 5.68. The van der Waals surface area contributed by atoms with Crippen LogP contribution in [0, 0.1) is 0 Å². The van der Waals surface area contributed by atoms with Gasteiger partial charge in [-0.25, -0.2) is 9.48 Å². The number of alkyl halides is 3. The molecule has 1 aliphatic rings. The van der Waals surface area contributed by atoms with Crippen LogP contribution in [0.4, 0.5) is 19.0 Å². The predicted molar refractivity (Wildman–Crippen MR) is 133 cm³/mol. The zero-order valence-electron chi connectivity index (χ0n) is 20.3. The number of aryl methyl sites for hydroxylation is 1. The summed E-state index contributed by atoms with van der Waals surface area (Å²) in [5.74, 6) is -4.96. The molecule has 0 bridgehead atoms. The first-order valence-corrected chi connectivity index (χ1v) is 11.8. The number of anilines is 1. The van der Waals surface area contributed by atoms with E-state index in [4.69, 9.17) is 5.11 Å². The predicted octanol–water partition coefficient (Wildman–Crippen LogP) is 5.02. The summed E-state index contributed by atoms with van der Waals surface area (Å²) in [5.41, 5.74) is 1.66. The van der Waals surface area contributed by atoms with Gasteiger partial charge >= 0.3 is 5.97 Å². The minimum Gasteiger partial charge on any atom is -0.478 e. The Kier molecular flexibility index (Phi) is 7.37. The van der Waals surface area contributed by atoms with Gasteiger partial charge in [0.1, 0.15) is 17.1 Å². The van der Waals surface area contributed by atoms with E-state index in [1.807, 2.05) is 29.2 Å². The molecular weight excluding hydrogens is 485 g/mol. The van der Waals surface area contributed by atoms with Crippen molar-refractivity contribution in [2.75, 3.05) is 18.1 Å². The highest BCUT2D eigenvalue weighted by atomic mass is 19.3. The maximum Gasteiger partial charge on any atom is 0.335 e. The molecule has 0 aliphatic carbocycles. The molecule has 7 nitrogen and oxygen atoms in total. The molecule has 194 valence electrons. The van der Waals surface area contributed by atoms with Crippen molar-refractivity contribution in [3.8, 4) is 0 Å². The fourth-order valence-electron chi connectivity index (χ4n) is 4.38. The van der Waals surface area contributed by atoms with Crippen LogP contribution in [0.1, 0.15) is 56.4 Å². The maximum absolute atomic E-state index is 14.6. The molecule has 2 heterocycles. The van der Waals surface area contributed by atoms with Crippen molar-refractivity contribution in [1.29, 1.82) is 0 Å². The Bertz CT molecular complexity index is 1330. The van der Waals surface area contributed by atoms with Crippen molar-refractivity contribution >= 4 is 23.4 Å². The van der Waals surface area contributed by atoms with Crippen LogP contribution in [-0.4, -0.2) is 40.0 Å². The number of amides is 1. The average Bonchev–Trinajstić information content (AvgIpc) is 3.43. The molecule has 4 rings (SSSR count). The second-order valence-electron chi connectivity index (χ2n) is 9.01. The molecule has 0 saturated carbocycles.